The molecule has 25 heavy (non-hydrogen) atoms. The molecule has 0 amide bonds. The molecular weight excluding hydrogens is 304 g/mol. The Morgan fingerprint density at radius 1 is 1.16 bits per heavy atom. The van der Waals surface area contributed by atoms with Crippen LogP contribution in [0.25, 0.3) is 0 Å². The Morgan fingerprint density at radius 3 is 2.52 bits per heavy atom. The van der Waals surface area contributed by atoms with Crippen molar-refractivity contribution in [1.29, 1.82) is 0 Å². The van der Waals surface area contributed by atoms with Crippen LogP contribution in [-0.4, -0.2) is 12.7 Å². The fourth-order valence-corrected chi connectivity index (χ4v) is 6.81. The van der Waals surface area contributed by atoms with Gasteiger partial charge in [0, 0.05) is 6.61 Å². The van der Waals surface area contributed by atoms with Crippen molar-refractivity contribution in [2.75, 3.05) is 6.61 Å². The summed E-state index contributed by atoms with van der Waals surface area (Å²) in [6.07, 6.45) is 11.5. The van der Waals surface area contributed by atoms with Gasteiger partial charge in [-0.3, -0.25) is 0 Å². The summed E-state index contributed by atoms with van der Waals surface area (Å²) in [4.78, 5) is 0. The van der Waals surface area contributed by atoms with E-state index in [9.17, 15) is 0 Å². The van der Waals surface area contributed by atoms with E-state index in [1.54, 1.807) is 0 Å². The smallest absolute Gasteiger partial charge is 0.0614 e. The molecule has 3 aliphatic rings. The van der Waals surface area contributed by atoms with Gasteiger partial charge in [-0.15, -0.1) is 0 Å². The van der Waals surface area contributed by atoms with Crippen LogP contribution in [0.4, 0.5) is 0 Å². The Kier molecular flexibility index (Phi) is 7.62. The van der Waals surface area contributed by atoms with Crippen LogP contribution in [0.3, 0.4) is 0 Å². The number of hydrogen-bond acceptors (Lipinski definition) is 1. The van der Waals surface area contributed by atoms with E-state index in [1.165, 1.54) is 56.9 Å². The minimum atomic E-state index is 0.479. The zero-order valence-electron chi connectivity index (χ0n) is 17.9. The first kappa shape index (κ1) is 21.0. The van der Waals surface area contributed by atoms with Gasteiger partial charge in [-0.05, 0) is 80.5 Å². The van der Waals surface area contributed by atoms with Gasteiger partial charge in [0.05, 0.1) is 6.10 Å². The van der Waals surface area contributed by atoms with E-state index in [1.807, 2.05) is 13.8 Å². The van der Waals surface area contributed by atoms with Gasteiger partial charge in [-0.1, -0.05) is 59.6 Å². The highest BCUT2D eigenvalue weighted by molar-refractivity contribution is 5.13. The summed E-state index contributed by atoms with van der Waals surface area (Å²) in [5.41, 5.74) is 2.05. The molecule has 5 unspecified atom stereocenters. The molecule has 3 fully saturated rings. The van der Waals surface area contributed by atoms with Crippen LogP contribution in [0.1, 0.15) is 92.9 Å². The Hall–Kier alpha value is -0.300. The average molecular weight is 349 g/mol. The van der Waals surface area contributed by atoms with Crippen molar-refractivity contribution in [3.05, 3.63) is 12.2 Å². The number of allylic oxidation sites excluding steroid dienone is 1. The van der Waals surface area contributed by atoms with Gasteiger partial charge in [0.15, 0.2) is 0 Å². The number of hydrogen-bond donors (Lipinski definition) is 0. The fraction of sp³-hybridized carbons (Fsp3) is 0.917. The molecule has 0 aromatic rings. The predicted octanol–water partition coefficient (Wildman–Crippen LogP) is 7.26. The maximum Gasteiger partial charge on any atom is 0.0614 e. The molecule has 0 aliphatic heterocycles. The Morgan fingerprint density at radius 2 is 1.88 bits per heavy atom. The average Bonchev–Trinajstić information content (AvgIpc) is 2.61. The lowest BCUT2D eigenvalue weighted by Crippen LogP contribution is -2.54. The molecule has 0 radical (unpaired) electrons. The van der Waals surface area contributed by atoms with Crippen LogP contribution in [0.15, 0.2) is 12.2 Å². The molecule has 0 saturated heterocycles. The molecule has 1 nitrogen and oxygen atoms in total. The maximum atomic E-state index is 6.35. The summed E-state index contributed by atoms with van der Waals surface area (Å²) >= 11 is 0. The normalized spacial score (nSPS) is 43.5. The molecule has 0 aromatic heterocycles. The zero-order chi connectivity index (χ0) is 18.6. The lowest BCUT2D eigenvalue weighted by atomic mass is 9.48. The third-order valence-electron chi connectivity index (χ3n) is 7.88. The summed E-state index contributed by atoms with van der Waals surface area (Å²) in [5.74, 6) is 4.14. The van der Waals surface area contributed by atoms with Gasteiger partial charge in [0.1, 0.15) is 0 Å². The Balaban J connectivity index is 0.00000109. The fourth-order valence-electron chi connectivity index (χ4n) is 6.81. The summed E-state index contributed by atoms with van der Waals surface area (Å²) in [6, 6.07) is 0. The monoisotopic (exact) mass is 348 g/mol. The number of fused-ring (bicyclic) bond motifs is 3. The SMILES string of the molecule is C=C1CCC2C3CCC[C@@](C)(CCC)C3C[C@@H](OCC)C2C1C.CC. The van der Waals surface area contributed by atoms with Crippen LogP contribution >= 0.6 is 0 Å². The van der Waals surface area contributed by atoms with Crippen LogP contribution in [0.5, 0.6) is 0 Å². The predicted molar refractivity (Wildman–Crippen MR) is 110 cm³/mol. The van der Waals surface area contributed by atoms with E-state index >= 15 is 0 Å². The second kappa shape index (κ2) is 9.07. The van der Waals surface area contributed by atoms with Crippen molar-refractivity contribution >= 4 is 0 Å². The highest BCUT2D eigenvalue weighted by atomic mass is 16.5. The molecule has 146 valence electrons. The van der Waals surface area contributed by atoms with E-state index in [2.05, 4.69) is 34.3 Å². The first-order chi connectivity index (χ1) is 12.0. The van der Waals surface area contributed by atoms with Gasteiger partial charge in [0.2, 0.25) is 0 Å². The minimum Gasteiger partial charge on any atom is -0.378 e. The highest BCUT2D eigenvalue weighted by Gasteiger charge is 2.54. The van der Waals surface area contributed by atoms with Gasteiger partial charge >= 0.3 is 0 Å². The van der Waals surface area contributed by atoms with Crippen molar-refractivity contribution in [2.24, 2.45) is 35.0 Å². The van der Waals surface area contributed by atoms with Crippen molar-refractivity contribution in [1.82, 2.24) is 0 Å². The van der Waals surface area contributed by atoms with Crippen LogP contribution in [0.2, 0.25) is 0 Å². The van der Waals surface area contributed by atoms with Gasteiger partial charge in [-0.25, -0.2) is 0 Å². The third-order valence-corrected chi connectivity index (χ3v) is 7.88. The van der Waals surface area contributed by atoms with E-state index < -0.39 is 0 Å². The second-order valence-corrected chi connectivity index (χ2v) is 9.02. The quantitative estimate of drug-likeness (QED) is 0.486. The molecule has 0 aromatic carbocycles. The van der Waals surface area contributed by atoms with Crippen LogP contribution in [-0.2, 0) is 4.74 Å². The molecule has 3 saturated carbocycles. The van der Waals surface area contributed by atoms with Gasteiger partial charge < -0.3 is 4.74 Å². The standard InChI is InChI=1S/C22H38O.C2H6/c1-6-12-22(5)13-8-9-17-18-11-10-15(3)16(4)21(18)20(23-7-2)14-19(17)22;1-2/h16-21H,3,6-14H2,1-2,4-5H3;1-2H3/t16?,17?,18?,19?,20-,21?,22-;/m1./s1. The second-order valence-electron chi connectivity index (χ2n) is 9.02. The number of ether oxygens (including phenoxy) is 1. The van der Waals surface area contributed by atoms with E-state index in [4.69, 9.17) is 4.74 Å². The molecule has 1 heteroatoms. The van der Waals surface area contributed by atoms with Crippen molar-refractivity contribution < 1.29 is 4.74 Å². The molecule has 3 aliphatic carbocycles. The van der Waals surface area contributed by atoms with E-state index in [0.29, 0.717) is 17.4 Å². The molecule has 0 heterocycles. The van der Waals surface area contributed by atoms with Crippen LogP contribution in [0, 0.1) is 35.0 Å². The van der Waals surface area contributed by atoms with E-state index in [-0.39, 0.29) is 0 Å². The van der Waals surface area contributed by atoms with Crippen molar-refractivity contribution in [3.8, 4) is 0 Å². The Bertz CT molecular complexity index is 424. The molecule has 0 spiro atoms. The van der Waals surface area contributed by atoms with Gasteiger partial charge in [0.25, 0.3) is 0 Å². The summed E-state index contributed by atoms with van der Waals surface area (Å²) in [7, 11) is 0. The topological polar surface area (TPSA) is 9.23 Å². The molecule has 7 atom stereocenters. The zero-order valence-corrected chi connectivity index (χ0v) is 17.9. The first-order valence-electron chi connectivity index (χ1n) is 11.3. The summed E-state index contributed by atoms with van der Waals surface area (Å²) in [6.45, 7) is 18.8. The summed E-state index contributed by atoms with van der Waals surface area (Å²) in [5, 5.41) is 0. The molecular formula is C24H44O. The lowest BCUT2D eigenvalue weighted by Gasteiger charge is -2.58. The largest absolute Gasteiger partial charge is 0.378 e. The Labute approximate surface area is 158 Å². The minimum absolute atomic E-state index is 0.479. The summed E-state index contributed by atoms with van der Waals surface area (Å²) < 4.78 is 6.35. The molecule has 0 bridgehead atoms. The van der Waals surface area contributed by atoms with Crippen LogP contribution < -0.4 is 0 Å². The molecule has 0 N–H and O–H groups in total. The van der Waals surface area contributed by atoms with Crippen molar-refractivity contribution in [2.45, 2.75) is 99.0 Å². The first-order valence-corrected chi connectivity index (χ1v) is 11.3. The number of rotatable bonds is 4. The lowest BCUT2D eigenvalue weighted by molar-refractivity contribution is -0.136. The van der Waals surface area contributed by atoms with Crippen molar-refractivity contribution in [3.63, 3.8) is 0 Å². The maximum absolute atomic E-state index is 6.35. The highest BCUT2D eigenvalue weighted by Crippen LogP contribution is 2.60. The van der Waals surface area contributed by atoms with E-state index in [0.717, 1.165) is 30.3 Å². The van der Waals surface area contributed by atoms with Gasteiger partial charge in [-0.2, -0.15) is 0 Å². The third kappa shape index (κ3) is 4.02. The molecule has 3 rings (SSSR count).